The molecule has 6 nitrogen and oxygen atoms in total. The Labute approximate surface area is 141 Å². The van der Waals surface area contributed by atoms with E-state index in [1.54, 1.807) is 18.7 Å². The van der Waals surface area contributed by atoms with Gasteiger partial charge >= 0.3 is 0 Å². The first-order chi connectivity index (χ1) is 11.5. The van der Waals surface area contributed by atoms with Gasteiger partial charge in [0, 0.05) is 55.5 Å². The maximum absolute atomic E-state index is 12.5. The van der Waals surface area contributed by atoms with E-state index in [1.807, 2.05) is 60.6 Å². The number of hydrogen-bond acceptors (Lipinski definition) is 3. The fourth-order valence-electron chi connectivity index (χ4n) is 2.69. The van der Waals surface area contributed by atoms with Gasteiger partial charge in [-0.2, -0.15) is 0 Å². The molecule has 1 N–H and O–H groups in total. The van der Waals surface area contributed by atoms with Crippen molar-refractivity contribution in [3.8, 4) is 5.69 Å². The fourth-order valence-corrected chi connectivity index (χ4v) is 2.69. The van der Waals surface area contributed by atoms with Crippen LogP contribution in [0.3, 0.4) is 0 Å². The van der Waals surface area contributed by atoms with Gasteiger partial charge in [-0.1, -0.05) is 0 Å². The molecule has 0 bridgehead atoms. The lowest BCUT2D eigenvalue weighted by Gasteiger charge is -2.15. The first-order valence-corrected chi connectivity index (χ1v) is 7.90. The van der Waals surface area contributed by atoms with E-state index in [2.05, 4.69) is 15.3 Å². The zero-order valence-electron chi connectivity index (χ0n) is 14.1. The summed E-state index contributed by atoms with van der Waals surface area (Å²) in [7, 11) is 1.95. The van der Waals surface area contributed by atoms with E-state index < -0.39 is 0 Å². The lowest BCUT2D eigenvalue weighted by Crippen LogP contribution is -2.35. The van der Waals surface area contributed by atoms with Gasteiger partial charge in [-0.3, -0.25) is 4.79 Å². The number of nitrogens with one attached hydrogen (secondary N) is 1. The highest BCUT2D eigenvalue weighted by Gasteiger charge is 2.14. The molecule has 1 atom stereocenters. The van der Waals surface area contributed by atoms with Gasteiger partial charge in [0.1, 0.15) is 5.82 Å². The van der Waals surface area contributed by atoms with E-state index >= 15 is 0 Å². The van der Waals surface area contributed by atoms with E-state index in [9.17, 15) is 4.79 Å². The predicted molar refractivity (Wildman–Crippen MR) is 92.1 cm³/mol. The molecule has 2 aromatic heterocycles. The molecule has 0 saturated carbocycles. The Kier molecular flexibility index (Phi) is 4.46. The van der Waals surface area contributed by atoms with Crippen molar-refractivity contribution >= 4 is 5.91 Å². The second-order valence-corrected chi connectivity index (χ2v) is 6.00. The highest BCUT2D eigenvalue weighted by atomic mass is 16.1. The van der Waals surface area contributed by atoms with E-state index in [0.717, 1.165) is 17.1 Å². The Morgan fingerprint density at radius 1 is 1.29 bits per heavy atom. The average molecular weight is 323 g/mol. The number of rotatable bonds is 5. The number of hydrogen-bond donors (Lipinski definition) is 1. The summed E-state index contributed by atoms with van der Waals surface area (Å²) in [6.45, 7) is 3.93. The van der Waals surface area contributed by atoms with Gasteiger partial charge in [0.25, 0.3) is 5.91 Å². The molecule has 0 spiro atoms. The van der Waals surface area contributed by atoms with Gasteiger partial charge < -0.3 is 14.5 Å². The van der Waals surface area contributed by atoms with Crippen molar-refractivity contribution < 1.29 is 4.79 Å². The molecular weight excluding hydrogens is 302 g/mol. The minimum atomic E-state index is -0.0635. The molecule has 1 unspecified atom stereocenters. The van der Waals surface area contributed by atoms with Crippen LogP contribution in [0.4, 0.5) is 0 Å². The number of nitrogens with zero attached hydrogens (tertiary/aromatic N) is 4. The highest BCUT2D eigenvalue weighted by Crippen LogP contribution is 2.15. The molecule has 2 heterocycles. The maximum atomic E-state index is 12.5. The largest absolute Gasteiger partial charge is 0.349 e. The van der Waals surface area contributed by atoms with Crippen LogP contribution in [0.5, 0.6) is 0 Å². The molecular formula is C18H21N5O. The molecule has 1 aromatic carbocycles. The summed E-state index contributed by atoms with van der Waals surface area (Å²) in [6.07, 6.45) is 9.72. The van der Waals surface area contributed by atoms with Crippen LogP contribution in [0.1, 0.15) is 28.7 Å². The number of carbonyl (C=O) groups excluding carboxylic acids is 1. The molecule has 0 aliphatic heterocycles. The Balaban J connectivity index is 1.69. The van der Waals surface area contributed by atoms with Crippen molar-refractivity contribution in [3.05, 3.63) is 66.3 Å². The maximum Gasteiger partial charge on any atom is 0.251 e. The second kappa shape index (κ2) is 6.70. The summed E-state index contributed by atoms with van der Waals surface area (Å²) in [4.78, 5) is 20.9. The van der Waals surface area contributed by atoms with Crippen LogP contribution >= 0.6 is 0 Å². The van der Waals surface area contributed by atoms with Crippen molar-refractivity contribution in [1.29, 1.82) is 0 Å². The molecule has 1 amide bonds. The molecule has 0 radical (unpaired) electrons. The summed E-state index contributed by atoms with van der Waals surface area (Å²) in [5, 5.41) is 3.05. The van der Waals surface area contributed by atoms with Crippen LogP contribution in [0, 0.1) is 6.92 Å². The molecule has 0 saturated heterocycles. The fraction of sp³-hybridized carbons (Fsp3) is 0.278. The van der Waals surface area contributed by atoms with Crippen molar-refractivity contribution in [2.24, 2.45) is 7.05 Å². The molecule has 3 rings (SSSR count). The van der Waals surface area contributed by atoms with Gasteiger partial charge in [-0.15, -0.1) is 0 Å². The smallest absolute Gasteiger partial charge is 0.251 e. The van der Waals surface area contributed by atoms with Gasteiger partial charge in [0.15, 0.2) is 0 Å². The Bertz CT molecular complexity index is 835. The van der Waals surface area contributed by atoms with E-state index in [1.165, 1.54) is 0 Å². The van der Waals surface area contributed by atoms with E-state index in [-0.39, 0.29) is 11.9 Å². The number of aryl methyl sites for hydroxylation is 2. The second-order valence-electron chi connectivity index (χ2n) is 6.00. The Morgan fingerprint density at radius 3 is 2.75 bits per heavy atom. The Hall–Kier alpha value is -2.89. The van der Waals surface area contributed by atoms with E-state index in [4.69, 9.17) is 0 Å². The lowest BCUT2D eigenvalue weighted by molar-refractivity contribution is 0.0939. The molecule has 0 aliphatic carbocycles. The summed E-state index contributed by atoms with van der Waals surface area (Å²) in [5.41, 5.74) is 2.61. The minimum absolute atomic E-state index is 0.00586. The van der Waals surface area contributed by atoms with Gasteiger partial charge in [-0.05, 0) is 37.6 Å². The third kappa shape index (κ3) is 3.37. The third-order valence-electron chi connectivity index (χ3n) is 4.04. The molecule has 0 aliphatic rings. The molecule has 6 heteroatoms. The number of amides is 1. The van der Waals surface area contributed by atoms with Crippen LogP contribution in [0.15, 0.2) is 49.3 Å². The summed E-state index contributed by atoms with van der Waals surface area (Å²) in [6, 6.07) is 5.77. The third-order valence-corrected chi connectivity index (χ3v) is 4.04. The van der Waals surface area contributed by atoms with Crippen LogP contribution in [-0.2, 0) is 13.5 Å². The lowest BCUT2D eigenvalue weighted by atomic mass is 10.1. The molecule has 124 valence electrons. The minimum Gasteiger partial charge on any atom is -0.349 e. The molecule has 0 fully saturated rings. The zero-order chi connectivity index (χ0) is 17.1. The predicted octanol–water partition coefficient (Wildman–Crippen LogP) is 2.28. The normalized spacial score (nSPS) is 12.1. The van der Waals surface area contributed by atoms with Gasteiger partial charge in [0.05, 0.1) is 6.33 Å². The van der Waals surface area contributed by atoms with Gasteiger partial charge in [0.2, 0.25) is 0 Å². The van der Waals surface area contributed by atoms with Gasteiger partial charge in [-0.25, -0.2) is 9.97 Å². The first-order valence-electron chi connectivity index (χ1n) is 7.90. The molecule has 24 heavy (non-hydrogen) atoms. The van der Waals surface area contributed by atoms with Crippen molar-refractivity contribution in [2.75, 3.05) is 0 Å². The number of imidazole rings is 2. The van der Waals surface area contributed by atoms with Crippen LogP contribution in [-0.4, -0.2) is 31.1 Å². The monoisotopic (exact) mass is 323 g/mol. The summed E-state index contributed by atoms with van der Waals surface area (Å²) in [5.74, 6) is 0.890. The summed E-state index contributed by atoms with van der Waals surface area (Å²) >= 11 is 0. The summed E-state index contributed by atoms with van der Waals surface area (Å²) < 4.78 is 3.88. The zero-order valence-corrected chi connectivity index (χ0v) is 14.1. The first kappa shape index (κ1) is 16.0. The van der Waals surface area contributed by atoms with Crippen molar-refractivity contribution in [1.82, 2.24) is 24.4 Å². The van der Waals surface area contributed by atoms with Crippen molar-refractivity contribution in [3.63, 3.8) is 0 Å². The Morgan fingerprint density at radius 2 is 2.12 bits per heavy atom. The number of carbonyl (C=O) groups is 1. The SMILES string of the molecule is Cc1cc(-n2ccnc2)ccc1C(=O)NC(C)Cc1nccn1C. The number of benzene rings is 1. The highest BCUT2D eigenvalue weighted by molar-refractivity contribution is 5.96. The van der Waals surface area contributed by atoms with Crippen molar-refractivity contribution in [2.45, 2.75) is 26.3 Å². The molecule has 3 aromatic rings. The average Bonchev–Trinajstić information content (AvgIpc) is 3.19. The van der Waals surface area contributed by atoms with Crippen LogP contribution < -0.4 is 5.32 Å². The topological polar surface area (TPSA) is 64.7 Å². The van der Waals surface area contributed by atoms with Crippen LogP contribution in [0.25, 0.3) is 5.69 Å². The standard InChI is InChI=1S/C18H21N5O/c1-13-10-15(23-9-6-19-12-23)4-5-16(13)18(24)21-14(2)11-17-20-7-8-22(17)3/h4-10,12,14H,11H2,1-3H3,(H,21,24). The van der Waals surface area contributed by atoms with E-state index in [0.29, 0.717) is 12.0 Å². The quantitative estimate of drug-likeness (QED) is 0.783. The number of aromatic nitrogens is 4. The van der Waals surface area contributed by atoms with Crippen LogP contribution in [0.2, 0.25) is 0 Å².